The van der Waals surface area contributed by atoms with E-state index >= 15 is 0 Å². The number of carbonyl (C=O) groups excluding carboxylic acids is 2. The van der Waals surface area contributed by atoms with Crippen molar-refractivity contribution < 1.29 is 19.1 Å². The Hall–Kier alpha value is -6.06. The molecule has 11 rings (SSSR count). The number of rotatable bonds is 15. The molecule has 5 aliphatic rings. The van der Waals surface area contributed by atoms with Gasteiger partial charge in [-0.1, -0.05) is 6.07 Å². The summed E-state index contributed by atoms with van der Waals surface area (Å²) in [6.45, 7) is 11.0. The molecule has 72 heavy (non-hydrogen) atoms. The SMILES string of the molecule is CC(C)N1CCC2(CC1)C(=O)N(C)c1cnc3c(C4CC4N4CCC5(CC4)C(=O)N(C)c4cnc6ccc(-c7ccc(OCCCN(C)C)nc7)cc6c45)cc(-c4ccc(OCCCN(C)C)nc4)cc3c12. The number of nitrogens with zero attached hydrogens (tertiary/aromatic N) is 10. The average molecular weight is 971 g/mol. The van der Waals surface area contributed by atoms with Gasteiger partial charge in [-0.25, -0.2) is 9.97 Å². The largest absolute Gasteiger partial charge is 0.478 e. The molecule has 1 saturated carbocycles. The van der Waals surface area contributed by atoms with E-state index < -0.39 is 10.8 Å². The molecular formula is C58H70N10O4. The van der Waals surface area contributed by atoms with Crippen LogP contribution in [0.25, 0.3) is 44.1 Å². The van der Waals surface area contributed by atoms with E-state index in [1.54, 1.807) is 0 Å². The Morgan fingerprint density at radius 2 is 1.15 bits per heavy atom. The van der Waals surface area contributed by atoms with Crippen LogP contribution in [-0.2, 0) is 20.4 Å². The molecule has 2 aromatic carbocycles. The molecule has 8 heterocycles. The summed E-state index contributed by atoms with van der Waals surface area (Å²) >= 11 is 0. The van der Waals surface area contributed by atoms with Crippen LogP contribution in [0.2, 0.25) is 0 Å². The number of pyridine rings is 4. The maximum atomic E-state index is 14.6. The summed E-state index contributed by atoms with van der Waals surface area (Å²) < 4.78 is 12.0. The smallest absolute Gasteiger partial charge is 0.237 e. The Morgan fingerprint density at radius 3 is 1.71 bits per heavy atom. The zero-order valence-corrected chi connectivity index (χ0v) is 43.4. The van der Waals surface area contributed by atoms with E-state index in [2.05, 4.69) is 109 Å². The first kappa shape index (κ1) is 48.2. The van der Waals surface area contributed by atoms with Crippen molar-refractivity contribution in [1.82, 2.24) is 39.5 Å². The number of amides is 2. The first-order valence-electron chi connectivity index (χ1n) is 26.2. The van der Waals surface area contributed by atoms with Crippen LogP contribution in [0.3, 0.4) is 0 Å². The number of hydrogen-bond acceptors (Lipinski definition) is 12. The summed E-state index contributed by atoms with van der Waals surface area (Å²) in [5.74, 6) is 1.82. The normalized spacial score (nSPS) is 20.5. The van der Waals surface area contributed by atoms with Crippen molar-refractivity contribution in [2.75, 3.05) is 105 Å². The number of anilines is 2. The minimum atomic E-state index is -0.644. The quantitative estimate of drug-likeness (QED) is 0.0924. The minimum absolute atomic E-state index is 0.157. The number of piperidine rings is 2. The standard InChI is InChI=1S/C58H70N10O4/c1-37(2)67-23-17-58(18-24-67)53-45-31-41(40-13-16-51(61-34-40)72-28-10-22-64(5)6)30-43(54(45)62-36-49(53)66(8)56(58)70)42-32-47(42)68-25-19-57(20-26-68)52-44-29-38(11-14-46(44)59-35-48(52)65(7)55(57)69)39-12-15-50(60-33-39)71-27-9-21-63(3)4/h11-16,29-31,33-37,42,47H,9-10,17-28,32H2,1-8H3. The second kappa shape index (κ2) is 19.1. The first-order valence-corrected chi connectivity index (χ1v) is 26.2. The number of carbonyl (C=O) groups is 2. The highest BCUT2D eigenvalue weighted by Gasteiger charge is 2.56. The van der Waals surface area contributed by atoms with E-state index in [-0.39, 0.29) is 17.7 Å². The third-order valence-electron chi connectivity index (χ3n) is 16.7. The predicted molar refractivity (Wildman–Crippen MR) is 285 cm³/mol. The van der Waals surface area contributed by atoms with Crippen molar-refractivity contribution in [3.63, 3.8) is 0 Å². The fourth-order valence-corrected chi connectivity index (χ4v) is 12.6. The van der Waals surface area contributed by atoms with Crippen LogP contribution in [0, 0.1) is 0 Å². The Kier molecular flexibility index (Phi) is 12.8. The van der Waals surface area contributed by atoms with Crippen molar-refractivity contribution in [1.29, 1.82) is 0 Å². The molecule has 1 aliphatic carbocycles. The van der Waals surface area contributed by atoms with E-state index in [0.29, 0.717) is 37.1 Å². The number of hydrogen-bond donors (Lipinski definition) is 0. The van der Waals surface area contributed by atoms with Crippen LogP contribution in [0.4, 0.5) is 11.4 Å². The lowest BCUT2D eigenvalue weighted by Crippen LogP contribution is -2.49. The second-order valence-electron chi connectivity index (χ2n) is 22.0. The summed E-state index contributed by atoms with van der Waals surface area (Å²) in [7, 11) is 12.1. The third-order valence-corrected chi connectivity index (χ3v) is 16.7. The van der Waals surface area contributed by atoms with E-state index in [1.165, 1.54) is 5.56 Å². The Balaban J connectivity index is 0.888. The van der Waals surface area contributed by atoms with E-state index in [1.807, 2.05) is 60.8 Å². The van der Waals surface area contributed by atoms with Gasteiger partial charge in [-0.2, -0.15) is 0 Å². The summed E-state index contributed by atoms with van der Waals surface area (Å²) in [5.41, 5.74) is 10.0. The molecular weight excluding hydrogens is 901 g/mol. The van der Waals surface area contributed by atoms with Gasteiger partial charge in [0.1, 0.15) is 0 Å². The highest BCUT2D eigenvalue weighted by Crippen LogP contribution is 2.56. The van der Waals surface area contributed by atoms with Gasteiger partial charge in [0.05, 0.1) is 58.8 Å². The van der Waals surface area contributed by atoms with Gasteiger partial charge in [-0.3, -0.25) is 24.5 Å². The summed E-state index contributed by atoms with van der Waals surface area (Å²) in [4.78, 5) is 61.9. The highest BCUT2D eigenvalue weighted by atomic mass is 16.5. The van der Waals surface area contributed by atoms with Crippen molar-refractivity contribution in [3.8, 4) is 34.0 Å². The van der Waals surface area contributed by atoms with Gasteiger partial charge in [-0.05, 0) is 166 Å². The third kappa shape index (κ3) is 8.47. The zero-order valence-electron chi connectivity index (χ0n) is 43.4. The van der Waals surface area contributed by atoms with Gasteiger partial charge in [0.15, 0.2) is 0 Å². The Labute approximate surface area is 424 Å². The Bertz CT molecular complexity index is 3010. The van der Waals surface area contributed by atoms with Crippen molar-refractivity contribution >= 4 is 45.0 Å². The van der Waals surface area contributed by atoms with Crippen LogP contribution in [0.5, 0.6) is 11.8 Å². The molecule has 14 nitrogen and oxygen atoms in total. The summed E-state index contributed by atoms with van der Waals surface area (Å²) in [6, 6.07) is 19.8. The molecule has 2 amide bonds. The van der Waals surface area contributed by atoms with Gasteiger partial charge in [0.2, 0.25) is 23.6 Å². The van der Waals surface area contributed by atoms with Crippen molar-refractivity contribution in [3.05, 3.63) is 96.1 Å². The fourth-order valence-electron chi connectivity index (χ4n) is 12.6. The van der Waals surface area contributed by atoms with Crippen LogP contribution >= 0.6 is 0 Å². The summed E-state index contributed by atoms with van der Waals surface area (Å²) in [6.07, 6.45) is 13.5. The predicted octanol–water partition coefficient (Wildman–Crippen LogP) is 8.15. The summed E-state index contributed by atoms with van der Waals surface area (Å²) in [5, 5.41) is 2.11. The maximum Gasteiger partial charge on any atom is 0.237 e. The fraction of sp³-hybridized carbons (Fsp3) is 0.483. The molecule has 14 heteroatoms. The molecule has 4 aromatic heterocycles. The molecule has 2 unspecified atom stereocenters. The molecule has 2 spiro atoms. The van der Waals surface area contributed by atoms with Gasteiger partial charge < -0.3 is 34.0 Å². The average Bonchev–Trinajstić information content (AvgIpc) is 4.13. The van der Waals surface area contributed by atoms with E-state index in [4.69, 9.17) is 24.4 Å². The van der Waals surface area contributed by atoms with Crippen LogP contribution in [0.1, 0.15) is 81.4 Å². The van der Waals surface area contributed by atoms with E-state index in [9.17, 15) is 9.59 Å². The lowest BCUT2D eigenvalue weighted by atomic mass is 9.72. The van der Waals surface area contributed by atoms with Gasteiger partial charge in [0.25, 0.3) is 0 Å². The molecule has 376 valence electrons. The number of fused-ring (bicyclic) bond motifs is 8. The topological polar surface area (TPSA) is 124 Å². The molecule has 0 N–H and O–H groups in total. The van der Waals surface area contributed by atoms with Crippen LogP contribution < -0.4 is 19.3 Å². The van der Waals surface area contributed by atoms with Gasteiger partial charge >= 0.3 is 0 Å². The molecule has 6 aromatic rings. The van der Waals surface area contributed by atoms with Crippen LogP contribution in [0.15, 0.2) is 79.4 Å². The first-order chi connectivity index (χ1) is 34.8. The van der Waals surface area contributed by atoms with Gasteiger partial charge in [0, 0.05) is 103 Å². The van der Waals surface area contributed by atoms with Crippen molar-refractivity contribution in [2.45, 2.75) is 87.6 Å². The van der Waals surface area contributed by atoms with Gasteiger partial charge in [-0.15, -0.1) is 0 Å². The molecule has 0 radical (unpaired) electrons. The maximum absolute atomic E-state index is 14.6. The van der Waals surface area contributed by atoms with Crippen LogP contribution in [-0.4, -0.2) is 158 Å². The Morgan fingerprint density at radius 1 is 0.625 bits per heavy atom. The molecule has 2 atom stereocenters. The lowest BCUT2D eigenvalue weighted by molar-refractivity contribution is -0.125. The minimum Gasteiger partial charge on any atom is -0.478 e. The molecule has 4 aliphatic heterocycles. The monoisotopic (exact) mass is 971 g/mol. The number of likely N-dealkylation sites (tertiary alicyclic amines) is 2. The molecule has 2 saturated heterocycles. The second-order valence-corrected chi connectivity index (χ2v) is 22.0. The molecule has 0 bridgehead atoms. The van der Waals surface area contributed by atoms with E-state index in [0.717, 1.165) is 151 Å². The number of ether oxygens (including phenoxy) is 2. The number of benzene rings is 2. The van der Waals surface area contributed by atoms with Crippen molar-refractivity contribution in [2.24, 2.45) is 0 Å². The number of aromatic nitrogens is 4. The number of likely N-dealkylation sites (N-methyl/N-ethyl adjacent to an activating group) is 2. The highest BCUT2D eigenvalue weighted by molar-refractivity contribution is 6.14. The zero-order chi connectivity index (χ0) is 50.1. The lowest BCUT2D eigenvalue weighted by Gasteiger charge is -2.40. The molecule has 3 fully saturated rings.